The summed E-state index contributed by atoms with van der Waals surface area (Å²) in [6, 6.07) is 9.64. The van der Waals surface area contributed by atoms with Gasteiger partial charge in [0.2, 0.25) is 5.91 Å². The fourth-order valence-electron chi connectivity index (χ4n) is 1.89. The van der Waals surface area contributed by atoms with Gasteiger partial charge < -0.3 is 10.6 Å². The third kappa shape index (κ3) is 5.54. The summed E-state index contributed by atoms with van der Waals surface area (Å²) in [6.07, 6.45) is 2.58. The summed E-state index contributed by atoms with van der Waals surface area (Å²) in [4.78, 5) is 39.2. The van der Waals surface area contributed by atoms with E-state index >= 15 is 0 Å². The van der Waals surface area contributed by atoms with Gasteiger partial charge in [-0.2, -0.15) is 0 Å². The Kier molecular flexibility index (Phi) is 6.03. The van der Waals surface area contributed by atoms with Crippen LogP contribution in [-0.2, 0) is 9.59 Å². The number of amides is 2. The number of rotatable bonds is 5. The minimum absolute atomic E-state index is 0.0542. The Morgan fingerprint density at radius 2 is 1.68 bits per heavy atom. The lowest BCUT2D eigenvalue weighted by Crippen LogP contribution is -2.16. The molecule has 0 atom stereocenters. The molecule has 128 valence electrons. The second-order valence-corrected chi connectivity index (χ2v) is 5.70. The van der Waals surface area contributed by atoms with E-state index in [0.29, 0.717) is 22.1 Å². The minimum atomic E-state index is -0.477. The molecule has 0 bridgehead atoms. The van der Waals surface area contributed by atoms with Gasteiger partial charge in [0.15, 0.2) is 5.78 Å². The molecule has 6 nitrogen and oxygen atoms in total. The van der Waals surface area contributed by atoms with Crippen molar-refractivity contribution in [2.45, 2.75) is 13.8 Å². The fraction of sp³-hybridized carbons (Fsp3) is 0.111. The molecule has 0 aliphatic carbocycles. The number of aromatic nitrogens is 1. The zero-order valence-electron chi connectivity index (χ0n) is 13.7. The maximum absolute atomic E-state index is 12.1. The number of Topliss-reactive ketones (excluding diaryl/α,β-unsaturated/α-hetero) is 1. The zero-order chi connectivity index (χ0) is 18.4. The van der Waals surface area contributed by atoms with Crippen molar-refractivity contribution in [3.63, 3.8) is 0 Å². The van der Waals surface area contributed by atoms with E-state index < -0.39 is 11.8 Å². The number of pyridine rings is 1. The number of halogens is 1. The van der Waals surface area contributed by atoms with Gasteiger partial charge in [-0.25, -0.2) is 4.98 Å². The molecule has 2 rings (SSSR count). The molecule has 0 spiro atoms. The molecule has 7 heteroatoms. The Morgan fingerprint density at radius 1 is 1.00 bits per heavy atom. The van der Waals surface area contributed by atoms with Crippen LogP contribution in [-0.4, -0.2) is 22.6 Å². The van der Waals surface area contributed by atoms with Gasteiger partial charge in [-0.15, -0.1) is 0 Å². The number of benzene rings is 1. The van der Waals surface area contributed by atoms with E-state index in [1.807, 2.05) is 0 Å². The van der Waals surface area contributed by atoms with Gasteiger partial charge >= 0.3 is 0 Å². The van der Waals surface area contributed by atoms with E-state index in [9.17, 15) is 14.4 Å². The van der Waals surface area contributed by atoms with Crippen molar-refractivity contribution in [3.8, 4) is 0 Å². The second-order valence-electron chi connectivity index (χ2n) is 5.27. The molecule has 1 heterocycles. The molecule has 0 aliphatic heterocycles. The molecule has 0 fully saturated rings. The van der Waals surface area contributed by atoms with E-state index in [0.717, 1.165) is 0 Å². The molecule has 2 amide bonds. The van der Waals surface area contributed by atoms with E-state index in [4.69, 9.17) is 11.6 Å². The SMILES string of the molecule is CC(=O)c1ccc(NC(=O)/C(C)=C\C(=O)Nc2ccc(Cl)cn2)cc1. The maximum atomic E-state index is 12.1. The van der Waals surface area contributed by atoms with Crippen LogP contribution < -0.4 is 10.6 Å². The van der Waals surface area contributed by atoms with E-state index in [-0.39, 0.29) is 11.4 Å². The largest absolute Gasteiger partial charge is 0.322 e. The Labute approximate surface area is 149 Å². The highest BCUT2D eigenvalue weighted by atomic mass is 35.5. The Morgan fingerprint density at radius 3 is 2.24 bits per heavy atom. The molecule has 2 N–H and O–H groups in total. The van der Waals surface area contributed by atoms with Crippen LogP contribution in [0.1, 0.15) is 24.2 Å². The third-order valence-corrected chi connectivity index (χ3v) is 3.46. The summed E-state index contributed by atoms with van der Waals surface area (Å²) in [5.74, 6) is -0.621. The first-order valence-electron chi connectivity index (χ1n) is 7.38. The number of carbonyl (C=O) groups excluding carboxylic acids is 3. The lowest BCUT2D eigenvalue weighted by atomic mass is 10.1. The third-order valence-electron chi connectivity index (χ3n) is 3.23. The predicted molar refractivity (Wildman–Crippen MR) is 96.7 cm³/mol. The highest BCUT2D eigenvalue weighted by molar-refractivity contribution is 6.30. The van der Waals surface area contributed by atoms with E-state index in [2.05, 4.69) is 15.6 Å². The molecule has 1 aromatic heterocycles. The molecule has 25 heavy (non-hydrogen) atoms. The van der Waals surface area contributed by atoms with Gasteiger partial charge in [-0.3, -0.25) is 14.4 Å². The summed E-state index contributed by atoms with van der Waals surface area (Å²) in [6.45, 7) is 2.99. The van der Waals surface area contributed by atoms with Crippen LogP contribution in [0, 0.1) is 0 Å². The number of hydrogen-bond donors (Lipinski definition) is 2. The zero-order valence-corrected chi connectivity index (χ0v) is 14.4. The lowest BCUT2D eigenvalue weighted by molar-refractivity contribution is -0.114. The van der Waals surface area contributed by atoms with Gasteiger partial charge in [-0.05, 0) is 50.2 Å². The summed E-state index contributed by atoms with van der Waals surface area (Å²) in [5.41, 5.74) is 1.31. The second kappa shape index (κ2) is 8.21. The first-order valence-corrected chi connectivity index (χ1v) is 7.76. The number of carbonyl (C=O) groups is 3. The Bertz CT molecular complexity index is 828. The highest BCUT2D eigenvalue weighted by Crippen LogP contribution is 2.12. The monoisotopic (exact) mass is 357 g/mol. The standard InChI is InChI=1S/C18H16ClN3O3/c1-11(9-17(24)22-16-8-5-14(19)10-20-16)18(25)21-15-6-3-13(4-7-15)12(2)23/h3-10H,1-2H3,(H,21,25)(H,20,22,24)/b11-9-. The van der Waals surface area contributed by atoms with Crippen LogP contribution in [0.15, 0.2) is 54.2 Å². The van der Waals surface area contributed by atoms with E-state index in [1.165, 1.54) is 26.1 Å². The van der Waals surface area contributed by atoms with Crippen molar-refractivity contribution < 1.29 is 14.4 Å². The molecule has 0 saturated heterocycles. The average molecular weight is 358 g/mol. The van der Waals surface area contributed by atoms with Gasteiger partial charge in [-0.1, -0.05) is 11.6 Å². The molecular weight excluding hydrogens is 342 g/mol. The van der Waals surface area contributed by atoms with Crippen LogP contribution >= 0.6 is 11.6 Å². The van der Waals surface area contributed by atoms with Crippen LogP contribution in [0.4, 0.5) is 11.5 Å². The maximum Gasteiger partial charge on any atom is 0.251 e. The average Bonchev–Trinajstić information content (AvgIpc) is 2.57. The minimum Gasteiger partial charge on any atom is -0.322 e. The van der Waals surface area contributed by atoms with Gasteiger partial charge in [0.1, 0.15) is 5.82 Å². The molecule has 0 radical (unpaired) electrons. The molecule has 1 aromatic carbocycles. The normalized spacial score (nSPS) is 10.9. The van der Waals surface area contributed by atoms with Crippen molar-refractivity contribution >= 4 is 40.7 Å². The molecule has 0 saturated carbocycles. The van der Waals surface area contributed by atoms with Crippen LogP contribution in [0.2, 0.25) is 5.02 Å². The molecule has 2 aromatic rings. The first-order chi connectivity index (χ1) is 11.8. The summed E-state index contributed by atoms with van der Waals surface area (Å²) in [5, 5.41) is 5.65. The van der Waals surface area contributed by atoms with Crippen molar-refractivity contribution in [3.05, 3.63) is 64.8 Å². The fourth-order valence-corrected chi connectivity index (χ4v) is 2.00. The van der Waals surface area contributed by atoms with Crippen LogP contribution in [0.3, 0.4) is 0 Å². The number of anilines is 2. The topological polar surface area (TPSA) is 88.2 Å². The highest BCUT2D eigenvalue weighted by Gasteiger charge is 2.08. The predicted octanol–water partition coefficient (Wildman–Crippen LogP) is 3.46. The molecule has 0 unspecified atom stereocenters. The van der Waals surface area contributed by atoms with Gasteiger partial charge in [0.05, 0.1) is 5.02 Å². The van der Waals surface area contributed by atoms with Crippen molar-refractivity contribution in [1.82, 2.24) is 4.98 Å². The quantitative estimate of drug-likeness (QED) is 0.633. The van der Waals surface area contributed by atoms with Crippen molar-refractivity contribution in [2.24, 2.45) is 0 Å². The smallest absolute Gasteiger partial charge is 0.251 e. The van der Waals surface area contributed by atoms with Crippen LogP contribution in [0.5, 0.6) is 0 Å². The molecule has 0 aliphatic rings. The number of nitrogens with one attached hydrogen (secondary N) is 2. The summed E-state index contributed by atoms with van der Waals surface area (Å²) < 4.78 is 0. The Hall–Kier alpha value is -2.99. The Balaban J connectivity index is 1.97. The van der Waals surface area contributed by atoms with Crippen molar-refractivity contribution in [2.75, 3.05) is 10.6 Å². The first kappa shape index (κ1) is 18.4. The number of hydrogen-bond acceptors (Lipinski definition) is 4. The lowest BCUT2D eigenvalue weighted by Gasteiger charge is -2.06. The van der Waals surface area contributed by atoms with Gasteiger partial charge in [0, 0.05) is 29.1 Å². The summed E-state index contributed by atoms with van der Waals surface area (Å²) in [7, 11) is 0. The van der Waals surface area contributed by atoms with Crippen molar-refractivity contribution in [1.29, 1.82) is 0 Å². The number of ketones is 1. The van der Waals surface area contributed by atoms with Gasteiger partial charge in [0.25, 0.3) is 5.91 Å². The molecular formula is C18H16ClN3O3. The summed E-state index contributed by atoms with van der Waals surface area (Å²) >= 11 is 5.72. The van der Waals surface area contributed by atoms with E-state index in [1.54, 1.807) is 36.4 Å². The number of nitrogens with zero attached hydrogens (tertiary/aromatic N) is 1. The van der Waals surface area contributed by atoms with Crippen LogP contribution in [0.25, 0.3) is 0 Å².